The summed E-state index contributed by atoms with van der Waals surface area (Å²) in [4.78, 5) is 40.1. The number of carbonyl (C=O) groups is 1. The zero-order valence-corrected chi connectivity index (χ0v) is 10.6. The average Bonchev–Trinajstić information content (AvgIpc) is 2.72. The van der Waals surface area contributed by atoms with E-state index in [1.54, 1.807) is 31.3 Å². The third kappa shape index (κ3) is 1.63. The van der Waals surface area contributed by atoms with Crippen molar-refractivity contribution in [2.24, 2.45) is 0 Å². The quantitative estimate of drug-likeness (QED) is 0.670. The molecule has 0 aliphatic heterocycles. The second-order valence-electron chi connectivity index (χ2n) is 4.18. The Bertz CT molecular complexity index is 932. The highest BCUT2D eigenvalue weighted by atomic mass is 16.5. The second-order valence-corrected chi connectivity index (χ2v) is 4.18. The number of aromatic nitrogens is 3. The van der Waals surface area contributed by atoms with Crippen molar-refractivity contribution in [3.05, 3.63) is 50.9 Å². The van der Waals surface area contributed by atoms with Gasteiger partial charge in [0.15, 0.2) is 5.69 Å². The highest BCUT2D eigenvalue weighted by molar-refractivity contribution is 6.08. The fourth-order valence-electron chi connectivity index (χ4n) is 2.27. The van der Waals surface area contributed by atoms with Crippen LogP contribution < -0.4 is 11.2 Å². The molecule has 0 spiro atoms. The van der Waals surface area contributed by atoms with Gasteiger partial charge in [-0.05, 0) is 19.1 Å². The lowest BCUT2D eigenvalue weighted by Gasteiger charge is -2.02. The lowest BCUT2D eigenvalue weighted by molar-refractivity contribution is 0.0520. The van der Waals surface area contributed by atoms with Gasteiger partial charge in [-0.2, -0.15) is 0 Å². The molecule has 7 heteroatoms. The molecule has 0 saturated carbocycles. The van der Waals surface area contributed by atoms with Crippen LogP contribution in [-0.2, 0) is 4.74 Å². The van der Waals surface area contributed by atoms with Gasteiger partial charge < -0.3 is 14.1 Å². The number of fused-ring (bicyclic) bond motifs is 3. The number of hydrogen-bond acceptors (Lipinski definition) is 4. The van der Waals surface area contributed by atoms with Crippen molar-refractivity contribution in [3.8, 4) is 0 Å². The Morgan fingerprint density at radius 3 is 2.85 bits per heavy atom. The summed E-state index contributed by atoms with van der Waals surface area (Å²) in [5.74, 6) is -0.593. The van der Waals surface area contributed by atoms with E-state index < -0.39 is 17.2 Å². The molecule has 20 heavy (non-hydrogen) atoms. The molecule has 3 rings (SSSR count). The average molecular weight is 273 g/mol. The molecule has 0 radical (unpaired) electrons. The highest BCUT2D eigenvalue weighted by Gasteiger charge is 2.21. The number of hydrogen-bond donors (Lipinski definition) is 2. The Hall–Kier alpha value is -2.83. The predicted molar refractivity (Wildman–Crippen MR) is 72.1 cm³/mol. The first kappa shape index (κ1) is 12.2. The predicted octanol–water partition coefficient (Wildman–Crippen LogP) is 0.646. The molecule has 0 unspecified atom stereocenters. The first-order chi connectivity index (χ1) is 9.63. The topological polar surface area (TPSA) is 96.4 Å². The zero-order valence-electron chi connectivity index (χ0n) is 10.6. The second kappa shape index (κ2) is 4.37. The standard InChI is InChI=1S/C13H11N3O4/c1-2-20-12(18)10-9-8(11(17)15-13(19)14-9)7-5-3-4-6-16(7)10/h3-6H,2H2,1H3,(H2,14,15,17,19). The van der Waals surface area contributed by atoms with Crippen LogP contribution in [0.4, 0.5) is 0 Å². The summed E-state index contributed by atoms with van der Waals surface area (Å²) in [5.41, 5.74) is -0.348. The molecule has 3 aromatic heterocycles. The first-order valence-electron chi connectivity index (χ1n) is 6.06. The van der Waals surface area contributed by atoms with Crippen LogP contribution >= 0.6 is 0 Å². The van der Waals surface area contributed by atoms with Crippen molar-refractivity contribution in [3.63, 3.8) is 0 Å². The van der Waals surface area contributed by atoms with E-state index >= 15 is 0 Å². The molecule has 0 amide bonds. The Morgan fingerprint density at radius 1 is 1.30 bits per heavy atom. The van der Waals surface area contributed by atoms with Gasteiger partial charge in [0.05, 0.1) is 23.0 Å². The number of carbonyl (C=O) groups excluding carboxylic acids is 1. The van der Waals surface area contributed by atoms with E-state index in [-0.39, 0.29) is 23.2 Å². The minimum Gasteiger partial charge on any atom is -0.461 e. The van der Waals surface area contributed by atoms with E-state index in [4.69, 9.17) is 4.74 Å². The minimum absolute atomic E-state index is 0.139. The smallest absolute Gasteiger partial charge is 0.357 e. The lowest BCUT2D eigenvalue weighted by atomic mass is 10.3. The van der Waals surface area contributed by atoms with Crippen LogP contribution in [-0.4, -0.2) is 26.9 Å². The summed E-state index contributed by atoms with van der Waals surface area (Å²) >= 11 is 0. The maximum Gasteiger partial charge on any atom is 0.357 e. The number of esters is 1. The molecule has 0 atom stereocenters. The molecular formula is C13H11N3O4. The number of nitrogens with zero attached hydrogens (tertiary/aromatic N) is 1. The fraction of sp³-hybridized carbons (Fsp3) is 0.154. The number of nitrogens with one attached hydrogen (secondary N) is 2. The highest BCUT2D eigenvalue weighted by Crippen LogP contribution is 2.22. The van der Waals surface area contributed by atoms with Crippen LogP contribution in [0, 0.1) is 0 Å². The minimum atomic E-state index is -0.663. The van der Waals surface area contributed by atoms with Crippen molar-refractivity contribution in [1.82, 2.24) is 14.4 Å². The molecule has 0 aliphatic rings. The van der Waals surface area contributed by atoms with E-state index in [1.807, 2.05) is 0 Å². The summed E-state index contributed by atoms with van der Waals surface area (Å²) in [7, 11) is 0. The summed E-state index contributed by atoms with van der Waals surface area (Å²) in [6, 6.07) is 5.16. The molecule has 0 saturated heterocycles. The Kier molecular flexibility index (Phi) is 2.67. The van der Waals surface area contributed by atoms with Gasteiger partial charge in [0.25, 0.3) is 5.56 Å². The fourth-order valence-corrected chi connectivity index (χ4v) is 2.27. The zero-order chi connectivity index (χ0) is 14.3. The Labute approximate surface area is 111 Å². The molecule has 0 aliphatic carbocycles. The SMILES string of the molecule is CCOC(=O)c1c2[nH]c(=O)[nH]c(=O)c2c2ccccn12. The number of pyridine rings is 1. The van der Waals surface area contributed by atoms with Gasteiger partial charge in [-0.15, -0.1) is 0 Å². The van der Waals surface area contributed by atoms with Crippen molar-refractivity contribution in [2.45, 2.75) is 6.92 Å². The Morgan fingerprint density at radius 2 is 2.10 bits per heavy atom. The van der Waals surface area contributed by atoms with Crippen LogP contribution in [0.5, 0.6) is 0 Å². The van der Waals surface area contributed by atoms with Gasteiger partial charge in [-0.3, -0.25) is 9.78 Å². The third-order valence-electron chi connectivity index (χ3n) is 3.01. The molecule has 0 fully saturated rings. The van der Waals surface area contributed by atoms with Gasteiger partial charge in [-0.1, -0.05) is 6.07 Å². The maximum absolute atomic E-state index is 12.1. The molecule has 7 nitrogen and oxygen atoms in total. The van der Waals surface area contributed by atoms with E-state index in [0.717, 1.165) is 0 Å². The third-order valence-corrected chi connectivity index (χ3v) is 3.01. The van der Waals surface area contributed by atoms with Crippen molar-refractivity contribution in [1.29, 1.82) is 0 Å². The van der Waals surface area contributed by atoms with Gasteiger partial charge in [-0.25, -0.2) is 9.59 Å². The van der Waals surface area contributed by atoms with Crippen molar-refractivity contribution >= 4 is 22.4 Å². The molecule has 0 aromatic carbocycles. The van der Waals surface area contributed by atoms with Gasteiger partial charge in [0, 0.05) is 6.20 Å². The van der Waals surface area contributed by atoms with E-state index in [0.29, 0.717) is 5.52 Å². The summed E-state index contributed by atoms with van der Waals surface area (Å²) in [5, 5.41) is 0.258. The first-order valence-corrected chi connectivity index (χ1v) is 6.06. The molecule has 3 aromatic rings. The van der Waals surface area contributed by atoms with Crippen LogP contribution in [0.15, 0.2) is 34.0 Å². The van der Waals surface area contributed by atoms with E-state index in [1.165, 1.54) is 4.40 Å². The van der Waals surface area contributed by atoms with Gasteiger partial charge in [0.2, 0.25) is 0 Å². The summed E-state index contributed by atoms with van der Waals surface area (Å²) in [6.45, 7) is 1.89. The number of H-pyrrole nitrogens is 2. The maximum atomic E-state index is 12.1. The summed E-state index contributed by atoms with van der Waals surface area (Å²) in [6.07, 6.45) is 1.64. The van der Waals surface area contributed by atoms with Gasteiger partial charge in [0.1, 0.15) is 0 Å². The molecule has 3 heterocycles. The molecule has 102 valence electrons. The van der Waals surface area contributed by atoms with Crippen LogP contribution in [0.3, 0.4) is 0 Å². The van der Waals surface area contributed by atoms with Gasteiger partial charge >= 0.3 is 11.7 Å². The van der Waals surface area contributed by atoms with Crippen LogP contribution in [0.1, 0.15) is 17.4 Å². The molecular weight excluding hydrogens is 262 g/mol. The van der Waals surface area contributed by atoms with Crippen LogP contribution in [0.25, 0.3) is 16.4 Å². The lowest BCUT2D eigenvalue weighted by Crippen LogP contribution is -2.22. The summed E-state index contributed by atoms with van der Waals surface area (Å²) < 4.78 is 6.52. The molecule has 0 bridgehead atoms. The number of aromatic amines is 2. The van der Waals surface area contributed by atoms with E-state index in [2.05, 4.69) is 9.97 Å². The van der Waals surface area contributed by atoms with E-state index in [9.17, 15) is 14.4 Å². The number of rotatable bonds is 2. The largest absolute Gasteiger partial charge is 0.461 e. The number of ether oxygens (including phenoxy) is 1. The monoisotopic (exact) mass is 273 g/mol. The normalized spacial score (nSPS) is 11.1. The Balaban J connectivity index is 2.55. The van der Waals surface area contributed by atoms with Crippen molar-refractivity contribution in [2.75, 3.05) is 6.61 Å². The van der Waals surface area contributed by atoms with Crippen LogP contribution in [0.2, 0.25) is 0 Å². The molecule has 2 N–H and O–H groups in total. The van der Waals surface area contributed by atoms with Crippen molar-refractivity contribution < 1.29 is 9.53 Å².